The van der Waals surface area contributed by atoms with E-state index in [-0.39, 0.29) is 0 Å². The molecule has 1 aliphatic rings. The fourth-order valence-corrected chi connectivity index (χ4v) is 2.19. The Balaban J connectivity index is 1.68. The van der Waals surface area contributed by atoms with Crippen molar-refractivity contribution in [2.75, 3.05) is 6.54 Å². The van der Waals surface area contributed by atoms with E-state index in [0.717, 1.165) is 18.8 Å². The number of nitrogens with zero attached hydrogens (tertiary/aromatic N) is 1. The normalized spacial score (nSPS) is 16.7. The third kappa shape index (κ3) is 2.46. The van der Waals surface area contributed by atoms with Gasteiger partial charge in [-0.05, 0) is 23.8 Å². The van der Waals surface area contributed by atoms with Crippen LogP contribution < -0.4 is 5.32 Å². The number of benzene rings is 1. The highest BCUT2D eigenvalue weighted by molar-refractivity contribution is 5.62. The first kappa shape index (κ1) is 11.5. The van der Waals surface area contributed by atoms with Gasteiger partial charge in [0.1, 0.15) is 0 Å². The molecule has 1 aromatic carbocycles. The molecule has 1 heterocycles. The fraction of sp³-hybridized carbons (Fsp3) is 0.400. The predicted octanol–water partition coefficient (Wildman–Crippen LogP) is 2.97. The minimum absolute atomic E-state index is 0.552. The van der Waals surface area contributed by atoms with Crippen molar-refractivity contribution in [3.8, 4) is 11.3 Å². The number of rotatable bonds is 5. The molecule has 1 aliphatic carbocycles. The molecule has 0 bridgehead atoms. The molecule has 3 nitrogen and oxygen atoms in total. The van der Waals surface area contributed by atoms with Crippen LogP contribution in [0.25, 0.3) is 11.3 Å². The van der Waals surface area contributed by atoms with Crippen LogP contribution in [0.3, 0.4) is 0 Å². The Kier molecular flexibility index (Phi) is 2.92. The van der Waals surface area contributed by atoms with Crippen molar-refractivity contribution in [1.82, 2.24) is 15.5 Å². The molecule has 1 fully saturated rings. The van der Waals surface area contributed by atoms with E-state index in [1.165, 1.54) is 24.0 Å². The van der Waals surface area contributed by atoms with Crippen LogP contribution in [0.1, 0.15) is 25.3 Å². The van der Waals surface area contributed by atoms with Gasteiger partial charge in [-0.2, -0.15) is 5.10 Å². The van der Waals surface area contributed by atoms with Crippen LogP contribution in [0.2, 0.25) is 0 Å². The summed E-state index contributed by atoms with van der Waals surface area (Å²) in [6.45, 7) is 4.33. The van der Waals surface area contributed by atoms with Crippen molar-refractivity contribution in [2.45, 2.75) is 26.3 Å². The lowest BCUT2D eigenvalue weighted by Crippen LogP contribution is -2.21. The Morgan fingerprint density at radius 2 is 2.06 bits per heavy atom. The Labute approximate surface area is 108 Å². The summed E-state index contributed by atoms with van der Waals surface area (Å²) in [4.78, 5) is 0. The molecule has 1 saturated carbocycles. The lowest BCUT2D eigenvalue weighted by atomic mass is 10.1. The molecule has 3 rings (SSSR count). The maximum Gasteiger partial charge on any atom is 0.0695 e. The van der Waals surface area contributed by atoms with Gasteiger partial charge in [0, 0.05) is 18.7 Å². The first-order chi connectivity index (χ1) is 8.77. The summed E-state index contributed by atoms with van der Waals surface area (Å²) >= 11 is 0. The van der Waals surface area contributed by atoms with Crippen molar-refractivity contribution in [3.63, 3.8) is 0 Å². The summed E-state index contributed by atoms with van der Waals surface area (Å²) < 4.78 is 0. The highest BCUT2D eigenvalue weighted by Gasteiger charge is 2.36. The highest BCUT2D eigenvalue weighted by Crippen LogP contribution is 2.44. The van der Waals surface area contributed by atoms with E-state index in [9.17, 15) is 0 Å². The van der Waals surface area contributed by atoms with E-state index in [2.05, 4.69) is 46.7 Å². The van der Waals surface area contributed by atoms with Crippen LogP contribution in [0, 0.1) is 5.41 Å². The van der Waals surface area contributed by atoms with Gasteiger partial charge in [-0.1, -0.05) is 37.3 Å². The van der Waals surface area contributed by atoms with Crippen LogP contribution in [0.4, 0.5) is 0 Å². The molecule has 0 unspecified atom stereocenters. The van der Waals surface area contributed by atoms with E-state index in [4.69, 9.17) is 0 Å². The molecule has 3 heteroatoms. The number of aromatic amines is 1. The first-order valence-electron chi connectivity index (χ1n) is 6.55. The Bertz CT molecular complexity index is 512. The Hall–Kier alpha value is -1.61. The summed E-state index contributed by atoms with van der Waals surface area (Å²) in [7, 11) is 0. The van der Waals surface area contributed by atoms with Gasteiger partial charge in [-0.3, -0.25) is 5.10 Å². The molecular formula is C15H19N3. The topological polar surface area (TPSA) is 40.7 Å². The SMILES string of the molecule is CC1(CNCc2cn[nH]c2-c2ccccc2)CC1. The highest BCUT2D eigenvalue weighted by atomic mass is 15.1. The maximum atomic E-state index is 4.16. The Morgan fingerprint density at radius 1 is 1.28 bits per heavy atom. The monoisotopic (exact) mass is 241 g/mol. The van der Waals surface area contributed by atoms with E-state index in [1.807, 2.05) is 12.3 Å². The zero-order valence-electron chi connectivity index (χ0n) is 10.7. The zero-order valence-corrected chi connectivity index (χ0v) is 10.7. The number of aromatic nitrogens is 2. The van der Waals surface area contributed by atoms with Crippen molar-refractivity contribution in [2.24, 2.45) is 5.41 Å². The van der Waals surface area contributed by atoms with Gasteiger partial charge in [-0.25, -0.2) is 0 Å². The van der Waals surface area contributed by atoms with Crippen LogP contribution in [-0.2, 0) is 6.54 Å². The van der Waals surface area contributed by atoms with Gasteiger partial charge < -0.3 is 5.32 Å². The number of H-pyrrole nitrogens is 1. The third-order valence-corrected chi connectivity index (χ3v) is 3.75. The summed E-state index contributed by atoms with van der Waals surface area (Å²) in [5, 5.41) is 10.8. The molecule has 1 aromatic heterocycles. The number of hydrogen-bond acceptors (Lipinski definition) is 2. The quantitative estimate of drug-likeness (QED) is 0.845. The molecule has 0 radical (unpaired) electrons. The van der Waals surface area contributed by atoms with E-state index in [0.29, 0.717) is 5.41 Å². The average Bonchev–Trinajstić information content (AvgIpc) is 2.95. The molecule has 0 amide bonds. The van der Waals surface area contributed by atoms with E-state index < -0.39 is 0 Å². The number of nitrogens with one attached hydrogen (secondary N) is 2. The van der Waals surface area contributed by atoms with Gasteiger partial charge in [-0.15, -0.1) is 0 Å². The van der Waals surface area contributed by atoms with E-state index in [1.54, 1.807) is 0 Å². The summed E-state index contributed by atoms with van der Waals surface area (Å²) in [6.07, 6.45) is 4.64. The predicted molar refractivity (Wildman–Crippen MR) is 73.1 cm³/mol. The lowest BCUT2D eigenvalue weighted by Gasteiger charge is -2.10. The summed E-state index contributed by atoms with van der Waals surface area (Å²) in [5.74, 6) is 0. The number of hydrogen-bond donors (Lipinski definition) is 2. The maximum absolute atomic E-state index is 4.16. The van der Waals surface area contributed by atoms with Crippen LogP contribution in [-0.4, -0.2) is 16.7 Å². The van der Waals surface area contributed by atoms with Crippen molar-refractivity contribution in [3.05, 3.63) is 42.1 Å². The minimum Gasteiger partial charge on any atom is -0.312 e. The van der Waals surface area contributed by atoms with Gasteiger partial charge in [0.05, 0.1) is 11.9 Å². The molecule has 18 heavy (non-hydrogen) atoms. The molecule has 0 atom stereocenters. The molecule has 0 aliphatic heterocycles. The fourth-order valence-electron chi connectivity index (χ4n) is 2.19. The first-order valence-corrected chi connectivity index (χ1v) is 6.55. The second-order valence-corrected chi connectivity index (χ2v) is 5.55. The van der Waals surface area contributed by atoms with Gasteiger partial charge in [0.2, 0.25) is 0 Å². The second kappa shape index (κ2) is 4.58. The van der Waals surface area contributed by atoms with Gasteiger partial charge in [0.15, 0.2) is 0 Å². The molecule has 2 aromatic rings. The molecule has 0 spiro atoms. The third-order valence-electron chi connectivity index (χ3n) is 3.75. The van der Waals surface area contributed by atoms with Crippen molar-refractivity contribution < 1.29 is 0 Å². The van der Waals surface area contributed by atoms with Gasteiger partial charge >= 0.3 is 0 Å². The standard InChI is InChI=1S/C15H19N3/c1-15(7-8-15)11-16-9-13-10-17-18-14(13)12-5-3-2-4-6-12/h2-6,10,16H,7-9,11H2,1H3,(H,17,18). The molecule has 94 valence electrons. The summed E-state index contributed by atoms with van der Waals surface area (Å²) in [5.41, 5.74) is 4.12. The van der Waals surface area contributed by atoms with E-state index >= 15 is 0 Å². The smallest absolute Gasteiger partial charge is 0.0695 e. The molecule has 2 N–H and O–H groups in total. The zero-order chi connectivity index (χ0) is 12.4. The second-order valence-electron chi connectivity index (χ2n) is 5.55. The van der Waals surface area contributed by atoms with Crippen molar-refractivity contribution in [1.29, 1.82) is 0 Å². The molecule has 0 saturated heterocycles. The molecular weight excluding hydrogens is 222 g/mol. The van der Waals surface area contributed by atoms with Crippen LogP contribution in [0.5, 0.6) is 0 Å². The average molecular weight is 241 g/mol. The van der Waals surface area contributed by atoms with Crippen LogP contribution in [0.15, 0.2) is 36.5 Å². The largest absolute Gasteiger partial charge is 0.312 e. The minimum atomic E-state index is 0.552. The summed E-state index contributed by atoms with van der Waals surface area (Å²) in [6, 6.07) is 10.4. The van der Waals surface area contributed by atoms with Crippen LogP contribution >= 0.6 is 0 Å². The van der Waals surface area contributed by atoms with Crippen molar-refractivity contribution >= 4 is 0 Å². The Morgan fingerprint density at radius 3 is 2.78 bits per heavy atom. The van der Waals surface area contributed by atoms with Gasteiger partial charge in [0.25, 0.3) is 0 Å². The lowest BCUT2D eigenvalue weighted by molar-refractivity contribution is 0.500.